The third-order valence-corrected chi connectivity index (χ3v) is 3.97. The maximum Gasteiger partial charge on any atom is 0.234 e. The largest absolute Gasteiger partial charge is 0.368 e. The Bertz CT molecular complexity index is 241. The third kappa shape index (κ3) is 14.1. The van der Waals surface area contributed by atoms with Gasteiger partial charge in [-0.2, -0.15) is 0 Å². The molecule has 21 heavy (non-hydrogen) atoms. The van der Waals surface area contributed by atoms with Gasteiger partial charge in [0.1, 0.15) is 0 Å². The van der Waals surface area contributed by atoms with Crippen LogP contribution in [0.4, 0.5) is 0 Å². The maximum atomic E-state index is 11.3. The number of rotatable bonds is 15. The number of nitrogens with two attached hydrogens (primary N) is 1. The zero-order chi connectivity index (χ0) is 15.9. The number of hydrogen-bond acceptors (Lipinski definition) is 2. The first-order valence-corrected chi connectivity index (χ1v) is 9.10. The minimum Gasteiger partial charge on any atom is -0.368 e. The van der Waals surface area contributed by atoms with Gasteiger partial charge in [0.05, 0.1) is 6.04 Å². The van der Waals surface area contributed by atoms with E-state index in [9.17, 15) is 4.79 Å². The summed E-state index contributed by atoms with van der Waals surface area (Å²) in [4.78, 5) is 11.3. The first kappa shape index (κ1) is 20.4. The van der Waals surface area contributed by atoms with Crippen molar-refractivity contribution in [1.29, 1.82) is 0 Å². The van der Waals surface area contributed by atoms with Crippen molar-refractivity contribution in [3.63, 3.8) is 0 Å². The quantitative estimate of drug-likeness (QED) is 0.440. The Morgan fingerprint density at radius 2 is 1.38 bits per heavy atom. The van der Waals surface area contributed by atoms with Crippen molar-refractivity contribution in [1.82, 2.24) is 5.32 Å². The fraction of sp³-hybridized carbons (Fsp3) is 0.944. The Morgan fingerprint density at radius 3 is 1.81 bits per heavy atom. The van der Waals surface area contributed by atoms with Crippen LogP contribution in [0.25, 0.3) is 0 Å². The lowest BCUT2D eigenvalue weighted by Gasteiger charge is -2.17. The fourth-order valence-electron chi connectivity index (χ4n) is 2.66. The number of primary amides is 1. The number of hydrogen-bond donors (Lipinski definition) is 2. The van der Waals surface area contributed by atoms with Gasteiger partial charge in [-0.1, -0.05) is 78.6 Å². The van der Waals surface area contributed by atoms with Crippen molar-refractivity contribution in [2.24, 2.45) is 11.7 Å². The average Bonchev–Trinajstić information content (AvgIpc) is 2.42. The van der Waals surface area contributed by atoms with E-state index in [1.807, 2.05) is 0 Å². The molecule has 126 valence electrons. The van der Waals surface area contributed by atoms with Crippen molar-refractivity contribution in [3.05, 3.63) is 0 Å². The van der Waals surface area contributed by atoms with Gasteiger partial charge < -0.3 is 11.1 Å². The molecule has 0 aliphatic carbocycles. The molecule has 0 fully saturated rings. The van der Waals surface area contributed by atoms with Crippen LogP contribution in [0.15, 0.2) is 0 Å². The second-order valence-corrected chi connectivity index (χ2v) is 6.72. The predicted molar refractivity (Wildman–Crippen MR) is 92.3 cm³/mol. The van der Waals surface area contributed by atoms with E-state index in [-0.39, 0.29) is 11.9 Å². The molecule has 0 bridgehead atoms. The summed E-state index contributed by atoms with van der Waals surface area (Å²) in [5, 5.41) is 3.30. The molecule has 0 aromatic heterocycles. The van der Waals surface area contributed by atoms with Crippen molar-refractivity contribution >= 4 is 5.91 Å². The van der Waals surface area contributed by atoms with Gasteiger partial charge in [0.2, 0.25) is 5.91 Å². The van der Waals surface area contributed by atoms with Crippen LogP contribution in [0.2, 0.25) is 0 Å². The van der Waals surface area contributed by atoms with Crippen LogP contribution < -0.4 is 11.1 Å². The summed E-state index contributed by atoms with van der Waals surface area (Å²) in [6.07, 6.45) is 14.2. The molecule has 0 unspecified atom stereocenters. The second-order valence-electron chi connectivity index (χ2n) is 6.72. The van der Waals surface area contributed by atoms with E-state index in [0.717, 1.165) is 19.4 Å². The number of unbranched alkanes of at least 4 members (excludes halogenated alkanes) is 9. The van der Waals surface area contributed by atoms with E-state index in [2.05, 4.69) is 26.1 Å². The van der Waals surface area contributed by atoms with E-state index >= 15 is 0 Å². The van der Waals surface area contributed by atoms with Crippen LogP contribution in [-0.4, -0.2) is 18.5 Å². The minimum atomic E-state index is -0.212. The van der Waals surface area contributed by atoms with Gasteiger partial charge in [0.15, 0.2) is 0 Å². The van der Waals surface area contributed by atoms with Crippen LogP contribution >= 0.6 is 0 Å². The summed E-state index contributed by atoms with van der Waals surface area (Å²) < 4.78 is 0. The Labute approximate surface area is 132 Å². The molecular formula is C18H38N2O. The Morgan fingerprint density at radius 1 is 0.905 bits per heavy atom. The Balaban J connectivity index is 3.36. The molecular weight excluding hydrogens is 260 g/mol. The topological polar surface area (TPSA) is 55.1 Å². The monoisotopic (exact) mass is 298 g/mol. The lowest BCUT2D eigenvalue weighted by atomic mass is 10.0. The van der Waals surface area contributed by atoms with Crippen molar-refractivity contribution in [2.45, 2.75) is 97.4 Å². The molecule has 3 heteroatoms. The first-order chi connectivity index (χ1) is 10.1. The zero-order valence-corrected chi connectivity index (χ0v) is 14.6. The highest BCUT2D eigenvalue weighted by molar-refractivity contribution is 5.79. The van der Waals surface area contributed by atoms with Gasteiger partial charge in [-0.3, -0.25) is 4.79 Å². The minimum absolute atomic E-state index is 0.149. The number of amides is 1. The summed E-state index contributed by atoms with van der Waals surface area (Å²) in [6, 6.07) is -0.149. The molecule has 0 rings (SSSR count). The number of carbonyl (C=O) groups is 1. The molecule has 3 N–H and O–H groups in total. The van der Waals surface area contributed by atoms with Crippen molar-refractivity contribution < 1.29 is 4.79 Å². The van der Waals surface area contributed by atoms with E-state index in [4.69, 9.17) is 5.73 Å². The molecule has 0 spiro atoms. The molecule has 3 nitrogen and oxygen atoms in total. The molecule has 1 atom stereocenters. The Hall–Kier alpha value is -0.570. The van der Waals surface area contributed by atoms with Crippen LogP contribution in [0.5, 0.6) is 0 Å². The highest BCUT2D eigenvalue weighted by Crippen LogP contribution is 2.10. The molecule has 0 saturated heterocycles. The number of nitrogens with one attached hydrogen (secondary N) is 1. The maximum absolute atomic E-state index is 11.3. The van der Waals surface area contributed by atoms with Gasteiger partial charge >= 0.3 is 0 Å². The van der Waals surface area contributed by atoms with E-state index < -0.39 is 0 Å². The zero-order valence-electron chi connectivity index (χ0n) is 14.6. The van der Waals surface area contributed by atoms with E-state index in [0.29, 0.717) is 5.92 Å². The third-order valence-electron chi connectivity index (χ3n) is 3.97. The molecule has 0 radical (unpaired) electrons. The summed E-state index contributed by atoms with van der Waals surface area (Å²) in [6.45, 7) is 7.42. The molecule has 0 heterocycles. The van der Waals surface area contributed by atoms with Crippen LogP contribution in [0.1, 0.15) is 91.4 Å². The van der Waals surface area contributed by atoms with Crippen molar-refractivity contribution in [3.8, 4) is 0 Å². The normalized spacial score (nSPS) is 12.8. The lowest BCUT2D eigenvalue weighted by Crippen LogP contribution is -2.42. The van der Waals surface area contributed by atoms with E-state index in [1.165, 1.54) is 57.8 Å². The highest BCUT2D eigenvalue weighted by atomic mass is 16.1. The predicted octanol–water partition coefficient (Wildman–Crippen LogP) is 4.40. The first-order valence-electron chi connectivity index (χ1n) is 9.10. The smallest absolute Gasteiger partial charge is 0.234 e. The fourth-order valence-corrected chi connectivity index (χ4v) is 2.66. The van der Waals surface area contributed by atoms with Crippen molar-refractivity contribution in [2.75, 3.05) is 6.54 Å². The van der Waals surface area contributed by atoms with Crippen LogP contribution in [-0.2, 0) is 4.79 Å². The van der Waals surface area contributed by atoms with Gasteiger partial charge in [-0.15, -0.1) is 0 Å². The molecule has 0 aliphatic rings. The molecule has 0 aliphatic heterocycles. The van der Waals surface area contributed by atoms with Gasteiger partial charge in [0, 0.05) is 0 Å². The summed E-state index contributed by atoms with van der Waals surface area (Å²) in [5.41, 5.74) is 5.41. The van der Waals surface area contributed by atoms with Crippen LogP contribution in [0.3, 0.4) is 0 Å². The molecule has 1 amide bonds. The van der Waals surface area contributed by atoms with Gasteiger partial charge in [0.25, 0.3) is 0 Å². The standard InChI is InChI=1S/C18H38N2O/c1-4-5-6-7-8-9-10-11-12-13-14-20-17(18(19)21)15-16(2)3/h16-17,20H,4-15H2,1-3H3,(H2,19,21)/t17-/m0/s1. The lowest BCUT2D eigenvalue weighted by molar-refractivity contribution is -0.120. The molecule has 0 aromatic rings. The number of carbonyl (C=O) groups excluding carboxylic acids is 1. The average molecular weight is 299 g/mol. The van der Waals surface area contributed by atoms with Crippen LogP contribution in [0, 0.1) is 5.92 Å². The van der Waals surface area contributed by atoms with Gasteiger partial charge in [-0.25, -0.2) is 0 Å². The van der Waals surface area contributed by atoms with Gasteiger partial charge in [-0.05, 0) is 25.3 Å². The van der Waals surface area contributed by atoms with E-state index in [1.54, 1.807) is 0 Å². The summed E-state index contributed by atoms with van der Waals surface area (Å²) in [5.74, 6) is 0.290. The summed E-state index contributed by atoms with van der Waals surface area (Å²) in [7, 11) is 0. The SMILES string of the molecule is CCCCCCCCCCCCN[C@@H](CC(C)C)C(N)=O. The highest BCUT2D eigenvalue weighted by Gasteiger charge is 2.15. The Kier molecular flexibility index (Phi) is 14.0. The summed E-state index contributed by atoms with van der Waals surface area (Å²) >= 11 is 0. The second kappa shape index (κ2) is 14.4. The molecule has 0 saturated carbocycles. The molecule has 0 aromatic carbocycles.